The zero-order valence-corrected chi connectivity index (χ0v) is 15.2. The molecular formula is C24H25NO. The second kappa shape index (κ2) is 7.82. The lowest BCUT2D eigenvalue weighted by atomic mass is 9.85. The van der Waals surface area contributed by atoms with E-state index < -0.39 is 0 Å². The van der Waals surface area contributed by atoms with E-state index in [1.807, 2.05) is 60.7 Å². The molecule has 0 radical (unpaired) electrons. The van der Waals surface area contributed by atoms with Gasteiger partial charge >= 0.3 is 0 Å². The van der Waals surface area contributed by atoms with E-state index in [9.17, 15) is 4.79 Å². The van der Waals surface area contributed by atoms with Crippen molar-refractivity contribution >= 4 is 16.7 Å². The SMILES string of the molecule is O=C(CCC1CCCCC1)c1cc(-c2ccccc2)nc2ccccc12. The first-order valence-corrected chi connectivity index (χ1v) is 9.80. The molecule has 3 aromatic rings. The van der Waals surface area contributed by atoms with Crippen molar-refractivity contribution in [3.05, 3.63) is 66.2 Å². The smallest absolute Gasteiger partial charge is 0.163 e. The fourth-order valence-electron chi connectivity index (χ4n) is 4.11. The Kier molecular flexibility index (Phi) is 5.10. The first kappa shape index (κ1) is 17.0. The standard InChI is InChI=1S/C24H25NO/c26-24(16-15-18-9-3-1-4-10-18)21-17-23(19-11-5-2-6-12-19)25-22-14-8-7-13-20(21)22/h2,5-8,11-14,17-18H,1,3-4,9-10,15-16H2. The van der Waals surface area contributed by atoms with Gasteiger partial charge in [-0.05, 0) is 24.5 Å². The topological polar surface area (TPSA) is 30.0 Å². The van der Waals surface area contributed by atoms with Crippen molar-refractivity contribution in [3.63, 3.8) is 0 Å². The number of para-hydroxylation sites is 1. The monoisotopic (exact) mass is 343 g/mol. The average Bonchev–Trinajstić information content (AvgIpc) is 2.72. The third-order valence-electron chi connectivity index (χ3n) is 5.59. The number of carbonyl (C=O) groups is 1. The maximum Gasteiger partial charge on any atom is 0.163 e. The fraction of sp³-hybridized carbons (Fsp3) is 0.333. The Morgan fingerprint density at radius 1 is 0.923 bits per heavy atom. The van der Waals surface area contributed by atoms with Crippen LogP contribution in [0.15, 0.2) is 60.7 Å². The second-order valence-electron chi connectivity index (χ2n) is 7.40. The highest BCUT2D eigenvalue weighted by Gasteiger charge is 2.18. The second-order valence-corrected chi connectivity index (χ2v) is 7.40. The van der Waals surface area contributed by atoms with Gasteiger partial charge < -0.3 is 0 Å². The Balaban J connectivity index is 1.65. The summed E-state index contributed by atoms with van der Waals surface area (Å²) in [5, 5.41) is 0.973. The predicted octanol–water partition coefficient (Wildman–Crippen LogP) is 6.45. The Labute approximate surface area is 155 Å². The van der Waals surface area contributed by atoms with Gasteiger partial charge in [0.25, 0.3) is 0 Å². The lowest BCUT2D eigenvalue weighted by molar-refractivity contribution is 0.0971. The number of hydrogen-bond donors (Lipinski definition) is 0. The number of hydrogen-bond acceptors (Lipinski definition) is 2. The molecular weight excluding hydrogens is 318 g/mol. The number of benzene rings is 2. The van der Waals surface area contributed by atoms with Gasteiger partial charge in [-0.1, -0.05) is 80.6 Å². The maximum absolute atomic E-state index is 13.1. The molecule has 2 nitrogen and oxygen atoms in total. The average molecular weight is 343 g/mol. The van der Waals surface area contributed by atoms with Gasteiger partial charge in [-0.2, -0.15) is 0 Å². The molecule has 26 heavy (non-hydrogen) atoms. The molecule has 1 aromatic heterocycles. The summed E-state index contributed by atoms with van der Waals surface area (Å²) in [6, 6.07) is 20.1. The third-order valence-corrected chi connectivity index (χ3v) is 5.59. The van der Waals surface area contributed by atoms with Crippen molar-refractivity contribution < 1.29 is 4.79 Å². The number of nitrogens with zero attached hydrogens (tertiary/aromatic N) is 1. The Morgan fingerprint density at radius 2 is 1.65 bits per heavy atom. The van der Waals surface area contributed by atoms with Crippen LogP contribution in [-0.2, 0) is 0 Å². The summed E-state index contributed by atoms with van der Waals surface area (Å²) in [6.45, 7) is 0. The number of ketones is 1. The van der Waals surface area contributed by atoms with Crippen molar-refractivity contribution in [2.75, 3.05) is 0 Å². The van der Waals surface area contributed by atoms with Gasteiger partial charge in [-0.3, -0.25) is 4.79 Å². The van der Waals surface area contributed by atoms with Crippen LogP contribution >= 0.6 is 0 Å². The van der Waals surface area contributed by atoms with Gasteiger partial charge in [0, 0.05) is 22.9 Å². The Hall–Kier alpha value is -2.48. The molecule has 1 aliphatic rings. The summed E-state index contributed by atoms with van der Waals surface area (Å²) >= 11 is 0. The molecule has 0 spiro atoms. The van der Waals surface area contributed by atoms with Crippen molar-refractivity contribution in [3.8, 4) is 11.3 Å². The predicted molar refractivity (Wildman–Crippen MR) is 107 cm³/mol. The normalized spacial score (nSPS) is 15.2. The molecule has 1 aliphatic carbocycles. The van der Waals surface area contributed by atoms with Crippen LogP contribution in [0.4, 0.5) is 0 Å². The number of aromatic nitrogens is 1. The zero-order valence-electron chi connectivity index (χ0n) is 15.2. The molecule has 1 saturated carbocycles. The van der Waals surface area contributed by atoms with Crippen LogP contribution in [0.1, 0.15) is 55.3 Å². The molecule has 1 heterocycles. The van der Waals surface area contributed by atoms with E-state index in [2.05, 4.69) is 0 Å². The van der Waals surface area contributed by atoms with E-state index in [-0.39, 0.29) is 5.78 Å². The van der Waals surface area contributed by atoms with Crippen molar-refractivity contribution in [2.24, 2.45) is 5.92 Å². The van der Waals surface area contributed by atoms with Crippen molar-refractivity contribution in [2.45, 2.75) is 44.9 Å². The molecule has 0 unspecified atom stereocenters. The molecule has 2 aromatic carbocycles. The summed E-state index contributed by atoms with van der Waals surface area (Å²) in [5.74, 6) is 0.987. The summed E-state index contributed by atoms with van der Waals surface area (Å²) in [7, 11) is 0. The number of fused-ring (bicyclic) bond motifs is 1. The summed E-state index contributed by atoms with van der Waals surface area (Å²) in [4.78, 5) is 17.8. The van der Waals surface area contributed by atoms with Gasteiger partial charge in [-0.15, -0.1) is 0 Å². The zero-order chi connectivity index (χ0) is 17.8. The van der Waals surface area contributed by atoms with E-state index in [0.717, 1.165) is 40.1 Å². The van der Waals surface area contributed by atoms with E-state index in [1.54, 1.807) is 0 Å². The molecule has 0 saturated heterocycles. The van der Waals surface area contributed by atoms with Crippen LogP contribution in [0.2, 0.25) is 0 Å². The summed E-state index contributed by atoms with van der Waals surface area (Å²) in [5.41, 5.74) is 3.66. The van der Waals surface area contributed by atoms with Crippen LogP contribution in [0.5, 0.6) is 0 Å². The van der Waals surface area contributed by atoms with Gasteiger partial charge in [-0.25, -0.2) is 4.98 Å². The highest BCUT2D eigenvalue weighted by atomic mass is 16.1. The highest BCUT2D eigenvalue weighted by Crippen LogP contribution is 2.30. The molecule has 4 rings (SSSR count). The van der Waals surface area contributed by atoms with E-state index in [0.29, 0.717) is 6.42 Å². The largest absolute Gasteiger partial charge is 0.294 e. The number of Topliss-reactive ketones (excluding diaryl/α,β-unsaturated/α-hetero) is 1. The molecule has 0 bridgehead atoms. The third kappa shape index (κ3) is 3.70. The van der Waals surface area contributed by atoms with Crippen LogP contribution < -0.4 is 0 Å². The summed E-state index contributed by atoms with van der Waals surface area (Å²) < 4.78 is 0. The quantitative estimate of drug-likeness (QED) is 0.499. The molecule has 0 amide bonds. The van der Waals surface area contributed by atoms with Crippen molar-refractivity contribution in [1.29, 1.82) is 0 Å². The first-order chi connectivity index (χ1) is 12.8. The van der Waals surface area contributed by atoms with Gasteiger partial charge in [0.15, 0.2) is 5.78 Å². The van der Waals surface area contributed by atoms with Gasteiger partial charge in [0.2, 0.25) is 0 Å². The maximum atomic E-state index is 13.1. The minimum absolute atomic E-state index is 0.256. The lowest BCUT2D eigenvalue weighted by Gasteiger charge is -2.21. The van der Waals surface area contributed by atoms with Crippen LogP contribution in [0.25, 0.3) is 22.2 Å². The molecule has 0 N–H and O–H groups in total. The van der Waals surface area contributed by atoms with Crippen LogP contribution in [-0.4, -0.2) is 10.8 Å². The first-order valence-electron chi connectivity index (χ1n) is 9.80. The molecule has 0 atom stereocenters. The van der Waals surface area contributed by atoms with E-state index in [4.69, 9.17) is 4.98 Å². The molecule has 132 valence electrons. The number of rotatable bonds is 5. The van der Waals surface area contributed by atoms with Crippen LogP contribution in [0.3, 0.4) is 0 Å². The molecule has 1 fully saturated rings. The Morgan fingerprint density at radius 3 is 2.46 bits per heavy atom. The van der Waals surface area contributed by atoms with Crippen molar-refractivity contribution in [1.82, 2.24) is 4.98 Å². The van der Waals surface area contributed by atoms with E-state index in [1.165, 1.54) is 32.1 Å². The number of carbonyl (C=O) groups excluding carboxylic acids is 1. The fourth-order valence-corrected chi connectivity index (χ4v) is 4.11. The molecule has 0 aliphatic heterocycles. The highest BCUT2D eigenvalue weighted by molar-refractivity contribution is 6.08. The summed E-state index contributed by atoms with van der Waals surface area (Å²) in [6.07, 6.45) is 8.27. The number of pyridine rings is 1. The Bertz CT molecular complexity index is 894. The van der Waals surface area contributed by atoms with Gasteiger partial charge in [0.05, 0.1) is 11.2 Å². The lowest BCUT2D eigenvalue weighted by Crippen LogP contribution is -2.09. The van der Waals surface area contributed by atoms with Crippen LogP contribution in [0, 0.1) is 5.92 Å². The molecule has 2 heteroatoms. The minimum atomic E-state index is 0.256. The minimum Gasteiger partial charge on any atom is -0.294 e. The van der Waals surface area contributed by atoms with E-state index >= 15 is 0 Å². The van der Waals surface area contributed by atoms with Gasteiger partial charge in [0.1, 0.15) is 0 Å².